The van der Waals surface area contributed by atoms with Gasteiger partial charge in [-0.1, -0.05) is 356 Å². The van der Waals surface area contributed by atoms with Crippen molar-refractivity contribution in [3.05, 3.63) is 323 Å². The van der Waals surface area contributed by atoms with Gasteiger partial charge in [0.15, 0.2) is 0 Å². The van der Waals surface area contributed by atoms with Crippen molar-refractivity contribution in [3.63, 3.8) is 0 Å². The Kier molecular flexibility index (Phi) is 59.6. The molecule has 738 valence electrons. The number of carboxylic acids is 1. The SMILES string of the molecule is CC(C)CN(C[C@@H](O)[C@@H](C)Cc1ccccc1)C(=O)NC(C)(C)C.CC(C)CN(C[C@@H](O)[C@@H](N)Cc1ccccc1)C(=O)NC(C)(C)C.CC(C)CNCC(O)[C@@H](C)Cc1ccccc1.C[C@@H](Cc1ccccc1)[C@@H]1CO1.C[C@@H](Cc1ccccc1)[C@H]1CO1.C[C@H](C=O)Cc1ccccc1.C[C@H](CO)Cc1ccccc1.N[C@@H](Cc1ccccc1)C(=O)O.N[C@H](CO)Cc1ccccc1. The highest BCUT2D eigenvalue weighted by atomic mass is 16.6. The number of urea groups is 2. The fraction of sp³-hybridized carbons (Fsp3) is 0.491. The van der Waals surface area contributed by atoms with Crippen LogP contribution in [-0.4, -0.2) is 190 Å². The van der Waals surface area contributed by atoms with Gasteiger partial charge in [-0.15, -0.1) is 0 Å². The Balaban J connectivity index is 0.000000395. The Morgan fingerprint density at radius 3 is 0.940 bits per heavy atom. The van der Waals surface area contributed by atoms with E-state index < -0.39 is 30.3 Å². The number of carbonyl (C=O) groups excluding carboxylic acids is 3. The van der Waals surface area contributed by atoms with E-state index in [0.29, 0.717) is 86.7 Å². The standard InChI is InChI=1S/C20H34N2O2.C19H33N3O2.C15H25NO.2C11H14O.C10H14O.C10H12O.C9H11NO2.C9H13NO/c1-15(2)13-22(19(24)21-20(4,5)6)14-18(23)16(3)12-17-10-8-7-9-11-17;1-14(2)12-22(18(24)21-19(3,4)5)13-17(23)16(20)11-15-9-7-6-8-10-15;1-12(2)10-16-11-15(17)13(3)9-14-7-5-4-6-8-14;2*1-9(11-8-12-11)7-10-5-3-2-4-6-10;2*1-9(8-11)7-10-5-3-2-4-6-10;10-8(9(11)12)6-7-4-2-1-3-5-7;10-9(7-11)6-8-4-2-1-3-5-8/h7-11,15-16,18,23H,12-14H2,1-6H3,(H,21,24);6-10,14,16-17,23H,11-13,20H2,1-5H3,(H,21,24);4-8,12-13,15-17H,9-11H2,1-3H3;2*2-6,9,11H,7-8H2,1H3;2-6,9,11H,7-8H2,1H3;2-6,8-9H,7H2,1H3;1-5,8H,6,10H2,(H,11,12);1-5,9,11H,6-7,10H2/t16-,18+;16-,17+;13-,15?;9-,11+;9-,11-;2*9-;8-;9-/m000000000/s1. The fourth-order valence-electron chi connectivity index (χ4n) is 14.0. The van der Waals surface area contributed by atoms with Gasteiger partial charge in [0.25, 0.3) is 0 Å². The predicted octanol–water partition coefficient (Wildman–Crippen LogP) is 18.2. The van der Waals surface area contributed by atoms with E-state index in [-0.39, 0.29) is 72.8 Å². The van der Waals surface area contributed by atoms with Gasteiger partial charge in [-0.05, 0) is 203 Å². The van der Waals surface area contributed by atoms with Gasteiger partial charge in [0.05, 0.1) is 50.3 Å². The van der Waals surface area contributed by atoms with Crippen molar-refractivity contribution in [1.29, 1.82) is 0 Å². The van der Waals surface area contributed by atoms with Crippen LogP contribution in [0.2, 0.25) is 0 Å². The smallest absolute Gasteiger partial charge is 0.320 e. The molecule has 9 aromatic rings. The summed E-state index contributed by atoms with van der Waals surface area (Å²) in [5, 5.41) is 66.3. The van der Waals surface area contributed by atoms with Crippen molar-refractivity contribution in [2.24, 2.45) is 70.5 Å². The molecule has 20 heteroatoms. The molecule has 15 N–H and O–H groups in total. The first kappa shape index (κ1) is 118. The number of nitrogens with zero attached hydrogens (tertiary/aromatic N) is 2. The molecule has 0 aromatic heterocycles. The maximum absolute atomic E-state index is 12.5. The summed E-state index contributed by atoms with van der Waals surface area (Å²) in [6.07, 6.45) is 8.04. The minimum absolute atomic E-state index is 0.0505. The maximum Gasteiger partial charge on any atom is 0.320 e. The van der Waals surface area contributed by atoms with Crippen LogP contribution in [0.4, 0.5) is 9.59 Å². The lowest BCUT2D eigenvalue weighted by molar-refractivity contribution is -0.138. The molecule has 2 aliphatic rings. The number of aliphatic hydroxyl groups is 5. The van der Waals surface area contributed by atoms with Crippen LogP contribution in [0.15, 0.2) is 273 Å². The van der Waals surface area contributed by atoms with Crippen LogP contribution in [-0.2, 0) is 76.9 Å². The molecule has 14 atom stereocenters. The lowest BCUT2D eigenvalue weighted by atomic mass is 9.95. The second-order valence-electron chi connectivity index (χ2n) is 39.5. The molecule has 2 heterocycles. The third-order valence-electron chi connectivity index (χ3n) is 21.7. The number of aldehydes is 1. The van der Waals surface area contributed by atoms with E-state index in [4.69, 9.17) is 42.0 Å². The number of benzene rings is 9. The summed E-state index contributed by atoms with van der Waals surface area (Å²) in [6.45, 7) is 42.7. The quantitative estimate of drug-likeness (QED) is 0.0126. The molecule has 0 spiro atoms. The highest BCUT2D eigenvalue weighted by molar-refractivity contribution is 5.75. The van der Waals surface area contributed by atoms with Gasteiger partial charge in [-0.3, -0.25) is 4.79 Å². The van der Waals surface area contributed by atoms with Gasteiger partial charge in [0.1, 0.15) is 12.3 Å². The predicted molar refractivity (Wildman–Crippen MR) is 553 cm³/mol. The van der Waals surface area contributed by atoms with E-state index in [1.165, 1.54) is 38.9 Å². The summed E-state index contributed by atoms with van der Waals surface area (Å²) >= 11 is 0. The number of aliphatic carboxylic acids is 1. The second-order valence-corrected chi connectivity index (χ2v) is 39.5. The van der Waals surface area contributed by atoms with E-state index in [2.05, 4.69) is 161 Å². The topological polar surface area (TPSA) is 335 Å². The van der Waals surface area contributed by atoms with Gasteiger partial charge < -0.3 is 87.9 Å². The molecule has 2 fully saturated rings. The molecule has 2 aliphatic heterocycles. The minimum atomic E-state index is -0.959. The zero-order valence-electron chi connectivity index (χ0n) is 84.1. The molecule has 2 saturated heterocycles. The molecule has 20 nitrogen and oxygen atoms in total. The summed E-state index contributed by atoms with van der Waals surface area (Å²) in [5.41, 5.74) is 27.5. The Hall–Kier alpha value is -9.78. The van der Waals surface area contributed by atoms with Crippen LogP contribution in [0.1, 0.15) is 175 Å². The average Bonchev–Trinajstić information content (AvgIpc) is 1.50. The highest BCUT2D eigenvalue weighted by Crippen LogP contribution is 2.25. The average molecular weight is 1840 g/mol. The first-order chi connectivity index (χ1) is 63.7. The molecule has 0 saturated carbocycles. The molecule has 134 heavy (non-hydrogen) atoms. The van der Waals surface area contributed by atoms with Gasteiger partial charge in [0.2, 0.25) is 0 Å². The lowest BCUT2D eigenvalue weighted by Gasteiger charge is -2.32. The molecular weight excluding hydrogens is 1670 g/mol. The largest absolute Gasteiger partial charge is 0.480 e. The number of carboxylic acid groups (broad SMARTS) is 1. The Morgan fingerprint density at radius 1 is 0.373 bits per heavy atom. The van der Waals surface area contributed by atoms with E-state index in [0.717, 1.165) is 82.1 Å². The number of aliphatic hydroxyl groups excluding tert-OH is 5. The van der Waals surface area contributed by atoms with Crippen molar-refractivity contribution in [2.45, 2.75) is 242 Å². The summed E-state index contributed by atoms with van der Waals surface area (Å²) in [7, 11) is 0. The van der Waals surface area contributed by atoms with E-state index >= 15 is 0 Å². The van der Waals surface area contributed by atoms with E-state index in [9.17, 15) is 34.5 Å². The Labute approximate surface area is 806 Å². The van der Waals surface area contributed by atoms with Gasteiger partial charge in [-0.25, -0.2) is 9.59 Å². The fourth-order valence-corrected chi connectivity index (χ4v) is 14.0. The zero-order chi connectivity index (χ0) is 99.4. The summed E-state index contributed by atoms with van der Waals surface area (Å²) in [6, 6.07) is 89.5. The monoisotopic (exact) mass is 1840 g/mol. The highest BCUT2D eigenvalue weighted by Gasteiger charge is 2.31. The van der Waals surface area contributed by atoms with Crippen LogP contribution in [0.25, 0.3) is 0 Å². The molecular formula is C114H170N8O12. The third kappa shape index (κ3) is 59.2. The van der Waals surface area contributed by atoms with Gasteiger partial charge >= 0.3 is 18.0 Å². The lowest BCUT2D eigenvalue weighted by Crippen LogP contribution is -2.53. The summed E-state index contributed by atoms with van der Waals surface area (Å²) in [5.74, 6) is 2.57. The second kappa shape index (κ2) is 67.4. The van der Waals surface area contributed by atoms with Crippen molar-refractivity contribution in [1.82, 2.24) is 25.8 Å². The number of hydrogen-bond donors (Lipinski definition) is 12. The number of ether oxygens (including phenoxy) is 2. The number of nitrogens with one attached hydrogen (secondary N) is 3. The van der Waals surface area contributed by atoms with Crippen LogP contribution >= 0.6 is 0 Å². The van der Waals surface area contributed by atoms with E-state index in [1.807, 2.05) is 252 Å². The molecule has 0 aliphatic carbocycles. The number of carbonyl (C=O) groups is 4. The molecule has 4 amide bonds. The summed E-state index contributed by atoms with van der Waals surface area (Å²) < 4.78 is 10.5. The zero-order valence-corrected chi connectivity index (χ0v) is 84.1. The number of nitrogens with two attached hydrogens (primary N) is 3. The molecule has 1 unspecified atom stereocenters. The van der Waals surface area contributed by atoms with Crippen LogP contribution in [0.3, 0.4) is 0 Å². The molecule has 9 aromatic carbocycles. The first-order valence-electron chi connectivity index (χ1n) is 48.3. The number of epoxide rings is 2. The minimum Gasteiger partial charge on any atom is -0.480 e. The first-order valence-corrected chi connectivity index (χ1v) is 48.3. The maximum atomic E-state index is 12.5. The van der Waals surface area contributed by atoms with E-state index in [1.54, 1.807) is 9.80 Å². The van der Waals surface area contributed by atoms with Crippen molar-refractivity contribution in [3.8, 4) is 0 Å². The van der Waals surface area contributed by atoms with Crippen molar-refractivity contribution >= 4 is 24.3 Å². The number of amides is 4. The van der Waals surface area contributed by atoms with Crippen LogP contribution < -0.4 is 33.2 Å². The van der Waals surface area contributed by atoms with Gasteiger partial charge in [-0.2, -0.15) is 0 Å². The molecule has 0 radical (unpaired) electrons. The van der Waals surface area contributed by atoms with Crippen LogP contribution in [0, 0.1) is 53.3 Å². The van der Waals surface area contributed by atoms with Crippen molar-refractivity contribution in [2.75, 3.05) is 65.7 Å². The molecule has 11 rings (SSSR count). The molecule has 0 bridgehead atoms. The summed E-state index contributed by atoms with van der Waals surface area (Å²) in [4.78, 5) is 49.1. The third-order valence-corrected chi connectivity index (χ3v) is 21.7. The Bertz CT molecular complexity index is 4200. The number of hydrogen-bond acceptors (Lipinski definition) is 15. The Morgan fingerprint density at radius 2 is 0.657 bits per heavy atom. The van der Waals surface area contributed by atoms with Crippen molar-refractivity contribution < 1.29 is 59.3 Å². The van der Waals surface area contributed by atoms with Crippen LogP contribution in [0.5, 0.6) is 0 Å². The van der Waals surface area contributed by atoms with Gasteiger partial charge in [0, 0.05) is 68.4 Å². The number of rotatable bonds is 39. The normalized spacial score (nSPS) is 15.5.